The average Bonchev–Trinajstić information content (AvgIpc) is 2.98. The van der Waals surface area contributed by atoms with E-state index in [0.29, 0.717) is 18.3 Å². The Hall–Kier alpha value is -1.62. The van der Waals surface area contributed by atoms with Crippen molar-refractivity contribution in [3.63, 3.8) is 0 Å². The van der Waals surface area contributed by atoms with E-state index in [1.165, 1.54) is 45.1 Å². The highest BCUT2D eigenvalue weighted by molar-refractivity contribution is 5.67. The van der Waals surface area contributed by atoms with Crippen LogP contribution in [0.1, 0.15) is 79.6 Å². The number of ether oxygens (including phenoxy) is 3. The van der Waals surface area contributed by atoms with Crippen LogP contribution < -0.4 is 0 Å². The Balaban J connectivity index is 1.83. The van der Waals surface area contributed by atoms with Gasteiger partial charge >= 0.3 is 11.9 Å². The second-order valence-electron chi connectivity index (χ2n) is 9.72. The summed E-state index contributed by atoms with van der Waals surface area (Å²) in [6.45, 7) is 14.3. The fraction of sp³-hybridized carbons (Fsp3) is 0.750. The number of carbonyl (C=O) groups is 2. The maximum atomic E-state index is 11.5. The Morgan fingerprint density at radius 1 is 1.21 bits per heavy atom. The van der Waals surface area contributed by atoms with Gasteiger partial charge in [0.2, 0.25) is 12.6 Å². The summed E-state index contributed by atoms with van der Waals surface area (Å²) >= 11 is 0. The number of esters is 2. The third-order valence-electron chi connectivity index (χ3n) is 7.92. The van der Waals surface area contributed by atoms with E-state index >= 15 is 0 Å². The summed E-state index contributed by atoms with van der Waals surface area (Å²) in [5.74, 6) is 0.387. The molecule has 0 radical (unpaired) electrons. The van der Waals surface area contributed by atoms with Crippen LogP contribution >= 0.6 is 0 Å². The average molecular weight is 405 g/mol. The van der Waals surface area contributed by atoms with Crippen molar-refractivity contribution in [1.82, 2.24) is 0 Å². The summed E-state index contributed by atoms with van der Waals surface area (Å²) in [7, 11) is 0. The highest BCUT2D eigenvalue weighted by Gasteiger charge is 2.53. The summed E-state index contributed by atoms with van der Waals surface area (Å²) in [6.07, 6.45) is 8.06. The predicted molar refractivity (Wildman–Crippen MR) is 111 cm³/mol. The summed E-state index contributed by atoms with van der Waals surface area (Å²) in [4.78, 5) is 22.8. The van der Waals surface area contributed by atoms with Gasteiger partial charge in [0.1, 0.15) is 0 Å². The molecule has 0 N–H and O–H groups in total. The minimum absolute atomic E-state index is 0.143. The molecular formula is C24H36O5. The molecule has 0 spiro atoms. The molecule has 0 aromatic heterocycles. The van der Waals surface area contributed by atoms with Crippen molar-refractivity contribution in [1.29, 1.82) is 0 Å². The third-order valence-corrected chi connectivity index (χ3v) is 7.92. The molecule has 1 aliphatic heterocycles. The number of rotatable bonds is 4. The lowest BCUT2D eigenvalue weighted by Gasteiger charge is -2.58. The first-order chi connectivity index (χ1) is 13.6. The predicted octanol–water partition coefficient (Wildman–Crippen LogP) is 5.30. The molecule has 4 unspecified atom stereocenters. The van der Waals surface area contributed by atoms with E-state index < -0.39 is 24.5 Å². The van der Waals surface area contributed by atoms with Crippen molar-refractivity contribution in [3.8, 4) is 0 Å². The maximum absolute atomic E-state index is 11.5. The second kappa shape index (κ2) is 8.25. The van der Waals surface area contributed by atoms with Gasteiger partial charge in [0, 0.05) is 25.8 Å². The number of hydrogen-bond donors (Lipinski definition) is 0. The first kappa shape index (κ1) is 22.1. The van der Waals surface area contributed by atoms with Gasteiger partial charge in [-0.3, -0.25) is 14.3 Å². The SMILES string of the molecule is C=C1CCCC2C1(C)CCC(C)C2(C)C/C=C1/C[C@@H](OC(C)=O)O[C@@H]1OC(C)=O. The molecule has 1 heterocycles. The largest absolute Gasteiger partial charge is 0.435 e. The molecule has 3 fully saturated rings. The summed E-state index contributed by atoms with van der Waals surface area (Å²) in [5, 5.41) is 0. The number of fused-ring (bicyclic) bond motifs is 1. The lowest BCUT2D eigenvalue weighted by atomic mass is 9.46. The van der Waals surface area contributed by atoms with E-state index in [0.717, 1.165) is 18.4 Å². The van der Waals surface area contributed by atoms with Crippen LogP contribution in [-0.2, 0) is 23.8 Å². The van der Waals surface area contributed by atoms with Gasteiger partial charge in [-0.1, -0.05) is 39.0 Å². The smallest absolute Gasteiger partial charge is 0.305 e. The van der Waals surface area contributed by atoms with Gasteiger partial charge in [-0.2, -0.15) is 0 Å². The first-order valence-corrected chi connectivity index (χ1v) is 10.9. The van der Waals surface area contributed by atoms with Crippen molar-refractivity contribution in [2.45, 2.75) is 92.1 Å². The van der Waals surface area contributed by atoms with Crippen LogP contribution in [0.5, 0.6) is 0 Å². The zero-order valence-electron chi connectivity index (χ0n) is 18.6. The highest BCUT2D eigenvalue weighted by Crippen LogP contribution is 2.62. The Labute approximate surface area is 174 Å². The molecular weight excluding hydrogens is 368 g/mol. The maximum Gasteiger partial charge on any atom is 0.305 e. The van der Waals surface area contributed by atoms with Crippen molar-refractivity contribution in [2.24, 2.45) is 22.7 Å². The molecule has 0 bridgehead atoms. The lowest BCUT2D eigenvalue weighted by molar-refractivity contribution is -0.204. The minimum atomic E-state index is -0.771. The topological polar surface area (TPSA) is 61.8 Å². The van der Waals surface area contributed by atoms with Gasteiger partial charge in [0.15, 0.2) is 0 Å². The molecule has 1 saturated heterocycles. The zero-order chi connectivity index (χ0) is 21.4. The number of allylic oxidation sites excluding steroid dienone is 2. The lowest BCUT2D eigenvalue weighted by Crippen LogP contribution is -2.50. The third kappa shape index (κ3) is 4.30. The number of hydrogen-bond acceptors (Lipinski definition) is 5. The molecule has 5 nitrogen and oxygen atoms in total. The first-order valence-electron chi connectivity index (χ1n) is 10.9. The Morgan fingerprint density at radius 3 is 2.55 bits per heavy atom. The van der Waals surface area contributed by atoms with Crippen LogP contribution in [0.3, 0.4) is 0 Å². The summed E-state index contributed by atoms with van der Waals surface area (Å²) in [5.41, 5.74) is 2.65. The number of carbonyl (C=O) groups excluding carboxylic acids is 2. The van der Waals surface area contributed by atoms with Crippen molar-refractivity contribution in [2.75, 3.05) is 0 Å². The Bertz CT molecular complexity index is 710. The molecule has 3 rings (SSSR count). The van der Waals surface area contributed by atoms with Crippen LogP contribution in [0, 0.1) is 22.7 Å². The summed E-state index contributed by atoms with van der Waals surface area (Å²) in [6, 6.07) is 0. The molecule has 2 aliphatic carbocycles. The Morgan fingerprint density at radius 2 is 1.90 bits per heavy atom. The Kier molecular flexibility index (Phi) is 6.28. The molecule has 29 heavy (non-hydrogen) atoms. The van der Waals surface area contributed by atoms with Gasteiger partial charge in [-0.15, -0.1) is 0 Å². The van der Waals surface area contributed by atoms with E-state index in [4.69, 9.17) is 14.2 Å². The van der Waals surface area contributed by atoms with Crippen LogP contribution in [0.4, 0.5) is 0 Å². The fourth-order valence-corrected chi connectivity index (χ4v) is 5.91. The molecule has 2 saturated carbocycles. The van der Waals surface area contributed by atoms with Gasteiger partial charge in [0.25, 0.3) is 0 Å². The summed E-state index contributed by atoms with van der Waals surface area (Å²) < 4.78 is 16.2. The van der Waals surface area contributed by atoms with Gasteiger partial charge in [0.05, 0.1) is 0 Å². The van der Waals surface area contributed by atoms with Crippen molar-refractivity contribution in [3.05, 3.63) is 23.8 Å². The van der Waals surface area contributed by atoms with Gasteiger partial charge in [-0.05, 0) is 61.2 Å². The molecule has 0 aromatic carbocycles. The van der Waals surface area contributed by atoms with E-state index in [2.05, 4.69) is 33.4 Å². The molecule has 0 aromatic rings. The van der Waals surface area contributed by atoms with Crippen LogP contribution in [-0.4, -0.2) is 24.5 Å². The standard InChI is InChI=1S/C24H36O5/c1-15-8-7-9-20-23(15,5)12-10-16(2)24(20,6)13-11-19-14-21(27-17(3)25)29-22(19)28-18(4)26/h11,16,20-22H,1,7-10,12-14H2,2-6H3/b19-11-/t16?,20?,21-,22-,23?,24?/m0/s1. The van der Waals surface area contributed by atoms with Crippen molar-refractivity contribution < 1.29 is 23.8 Å². The van der Waals surface area contributed by atoms with Crippen LogP contribution in [0.15, 0.2) is 23.8 Å². The minimum Gasteiger partial charge on any atom is -0.435 e. The monoisotopic (exact) mass is 404 g/mol. The van der Waals surface area contributed by atoms with Gasteiger partial charge < -0.3 is 9.47 Å². The van der Waals surface area contributed by atoms with Crippen molar-refractivity contribution >= 4 is 11.9 Å². The molecule has 6 atom stereocenters. The quantitative estimate of drug-likeness (QED) is 0.470. The highest BCUT2D eigenvalue weighted by atomic mass is 16.8. The van der Waals surface area contributed by atoms with E-state index in [-0.39, 0.29) is 10.8 Å². The molecule has 162 valence electrons. The second-order valence-corrected chi connectivity index (χ2v) is 9.72. The van der Waals surface area contributed by atoms with Crippen LogP contribution in [0.2, 0.25) is 0 Å². The normalized spacial score (nSPS) is 41.1. The van der Waals surface area contributed by atoms with Crippen LogP contribution in [0.25, 0.3) is 0 Å². The van der Waals surface area contributed by atoms with E-state index in [1.54, 1.807) is 0 Å². The zero-order valence-corrected chi connectivity index (χ0v) is 18.6. The van der Waals surface area contributed by atoms with E-state index in [9.17, 15) is 9.59 Å². The molecule has 3 aliphatic rings. The molecule has 5 heteroatoms. The molecule has 0 amide bonds. The van der Waals surface area contributed by atoms with Gasteiger partial charge in [-0.25, -0.2) is 0 Å². The van der Waals surface area contributed by atoms with E-state index in [1.807, 2.05) is 0 Å². The fourth-order valence-electron chi connectivity index (χ4n) is 5.91.